The van der Waals surface area contributed by atoms with Gasteiger partial charge in [-0.1, -0.05) is 25.5 Å². The zero-order chi connectivity index (χ0) is 27.1. The largest absolute Gasteiger partial charge is 0.494 e. The van der Waals surface area contributed by atoms with Crippen LogP contribution in [-0.4, -0.2) is 39.0 Å². The molecule has 0 unspecified atom stereocenters. The summed E-state index contributed by atoms with van der Waals surface area (Å²) < 4.78 is 22.7. The van der Waals surface area contributed by atoms with E-state index in [-0.39, 0.29) is 5.41 Å². The van der Waals surface area contributed by atoms with E-state index >= 15 is 0 Å². The van der Waals surface area contributed by atoms with Crippen LogP contribution in [0, 0.1) is 16.7 Å². The second-order valence-corrected chi connectivity index (χ2v) is 10.6. The fourth-order valence-corrected chi connectivity index (χ4v) is 5.09. The van der Waals surface area contributed by atoms with E-state index in [1.165, 1.54) is 0 Å². The second-order valence-electron chi connectivity index (χ2n) is 10.6. The van der Waals surface area contributed by atoms with Gasteiger partial charge in [-0.15, -0.1) is 0 Å². The SMILES string of the molecule is CCC1(COCCCCCCOc2ccc(C(=O)Oc3ccc4c(c3)Cc3cc(C#N)ccc3-4)cc2)COC1. The third-order valence-corrected chi connectivity index (χ3v) is 7.71. The Balaban J connectivity index is 1.01. The lowest BCUT2D eigenvalue weighted by Gasteiger charge is -2.40. The molecule has 1 saturated heterocycles. The lowest BCUT2D eigenvalue weighted by atomic mass is 9.84. The molecule has 6 nitrogen and oxygen atoms in total. The van der Waals surface area contributed by atoms with Crippen molar-refractivity contribution in [3.05, 3.63) is 82.9 Å². The number of ether oxygens (including phenoxy) is 4. The first-order valence-electron chi connectivity index (χ1n) is 13.9. The van der Waals surface area contributed by atoms with Crippen LogP contribution in [0.1, 0.15) is 66.1 Å². The lowest BCUT2D eigenvalue weighted by Crippen LogP contribution is -2.45. The van der Waals surface area contributed by atoms with Gasteiger partial charge in [0, 0.05) is 12.0 Å². The summed E-state index contributed by atoms with van der Waals surface area (Å²) in [7, 11) is 0. The molecule has 0 N–H and O–H groups in total. The minimum Gasteiger partial charge on any atom is -0.494 e. The highest BCUT2D eigenvalue weighted by molar-refractivity contribution is 5.91. The van der Waals surface area contributed by atoms with Crippen LogP contribution in [0.5, 0.6) is 11.5 Å². The predicted octanol–water partition coefficient (Wildman–Crippen LogP) is 6.73. The maximum absolute atomic E-state index is 12.7. The molecule has 0 saturated carbocycles. The molecule has 1 aliphatic carbocycles. The molecule has 1 aliphatic heterocycles. The van der Waals surface area contributed by atoms with Gasteiger partial charge in [0.05, 0.1) is 43.6 Å². The van der Waals surface area contributed by atoms with Crippen molar-refractivity contribution >= 4 is 5.97 Å². The Morgan fingerprint density at radius 1 is 0.897 bits per heavy atom. The molecule has 202 valence electrons. The summed E-state index contributed by atoms with van der Waals surface area (Å²) >= 11 is 0. The van der Waals surface area contributed by atoms with E-state index in [1.54, 1.807) is 12.1 Å². The number of rotatable bonds is 13. The average Bonchev–Trinajstić information content (AvgIpc) is 3.30. The third kappa shape index (κ3) is 6.50. The summed E-state index contributed by atoms with van der Waals surface area (Å²) in [5.41, 5.74) is 5.86. The highest BCUT2D eigenvalue weighted by Gasteiger charge is 2.36. The zero-order valence-electron chi connectivity index (χ0n) is 22.5. The Bertz CT molecular complexity index is 1330. The minimum absolute atomic E-state index is 0.264. The van der Waals surface area contributed by atoms with Gasteiger partial charge in [0.15, 0.2) is 0 Å². The Labute approximate surface area is 230 Å². The van der Waals surface area contributed by atoms with Crippen molar-refractivity contribution in [2.45, 2.75) is 45.4 Å². The number of unbranched alkanes of at least 4 members (excludes halogenated alkanes) is 3. The number of hydrogen-bond acceptors (Lipinski definition) is 6. The standard InChI is InChI=1S/C33H35NO5/c1-2-33(22-37-23-33)21-36-15-5-3-4-6-16-38-28-10-8-25(9-11-28)32(35)39-29-12-14-31-27(19-29)18-26-17-24(20-34)7-13-30(26)31/h7-14,17,19H,2-6,15-16,18,21-23H2,1H3. The molecule has 0 atom stereocenters. The highest BCUT2D eigenvalue weighted by atomic mass is 16.5. The van der Waals surface area contributed by atoms with Gasteiger partial charge in [-0.25, -0.2) is 4.79 Å². The number of nitrogens with zero attached hydrogens (tertiary/aromatic N) is 1. The summed E-state index contributed by atoms with van der Waals surface area (Å²) in [5.74, 6) is 0.856. The molecule has 3 aromatic carbocycles. The van der Waals surface area contributed by atoms with E-state index in [9.17, 15) is 4.79 Å². The second kappa shape index (κ2) is 12.5. The average molecular weight is 526 g/mol. The summed E-state index contributed by atoms with van der Waals surface area (Å²) in [6, 6.07) is 20.7. The molecule has 0 radical (unpaired) electrons. The van der Waals surface area contributed by atoms with Crippen LogP contribution in [0.3, 0.4) is 0 Å². The van der Waals surface area contributed by atoms with Gasteiger partial charge in [0.2, 0.25) is 0 Å². The van der Waals surface area contributed by atoms with Crippen molar-refractivity contribution in [2.75, 3.05) is 33.0 Å². The van der Waals surface area contributed by atoms with Gasteiger partial charge < -0.3 is 18.9 Å². The first-order chi connectivity index (χ1) is 19.1. The molecule has 0 amide bonds. The molecule has 6 heteroatoms. The van der Waals surface area contributed by atoms with E-state index in [2.05, 4.69) is 13.0 Å². The number of esters is 1. The lowest BCUT2D eigenvalue weighted by molar-refractivity contribution is -0.150. The smallest absolute Gasteiger partial charge is 0.343 e. The van der Waals surface area contributed by atoms with Crippen LogP contribution in [0.15, 0.2) is 60.7 Å². The van der Waals surface area contributed by atoms with Crippen LogP contribution in [0.2, 0.25) is 0 Å². The summed E-state index contributed by atoms with van der Waals surface area (Å²) in [6.45, 7) is 6.13. The quantitative estimate of drug-likeness (QED) is 0.109. The Morgan fingerprint density at radius 2 is 1.59 bits per heavy atom. The molecule has 0 aromatic heterocycles. The van der Waals surface area contributed by atoms with E-state index in [4.69, 9.17) is 24.2 Å². The molecule has 2 aliphatic rings. The number of fused-ring (bicyclic) bond motifs is 3. The monoisotopic (exact) mass is 525 g/mol. The molecule has 39 heavy (non-hydrogen) atoms. The van der Waals surface area contributed by atoms with E-state index in [0.29, 0.717) is 23.5 Å². The first kappa shape index (κ1) is 26.9. The Morgan fingerprint density at radius 3 is 2.28 bits per heavy atom. The maximum Gasteiger partial charge on any atom is 0.343 e. The summed E-state index contributed by atoms with van der Waals surface area (Å²) in [6.07, 6.45) is 6.11. The fourth-order valence-electron chi connectivity index (χ4n) is 5.09. The van der Waals surface area contributed by atoms with Crippen LogP contribution in [0.25, 0.3) is 11.1 Å². The molecule has 0 spiro atoms. The van der Waals surface area contributed by atoms with Gasteiger partial charge in [0.25, 0.3) is 0 Å². The van der Waals surface area contributed by atoms with Crippen molar-refractivity contribution in [1.29, 1.82) is 5.26 Å². The first-order valence-corrected chi connectivity index (χ1v) is 13.9. The van der Waals surface area contributed by atoms with Gasteiger partial charge in [-0.3, -0.25) is 0 Å². The van der Waals surface area contributed by atoms with Crippen molar-refractivity contribution in [3.63, 3.8) is 0 Å². The van der Waals surface area contributed by atoms with Crippen molar-refractivity contribution < 1.29 is 23.7 Å². The zero-order valence-corrected chi connectivity index (χ0v) is 22.5. The van der Waals surface area contributed by atoms with Crippen molar-refractivity contribution in [1.82, 2.24) is 0 Å². The molecule has 5 rings (SSSR count). The van der Waals surface area contributed by atoms with Crippen molar-refractivity contribution in [2.24, 2.45) is 5.41 Å². The van der Waals surface area contributed by atoms with E-state index < -0.39 is 5.97 Å². The van der Waals surface area contributed by atoms with E-state index in [0.717, 1.165) is 93.0 Å². The fraction of sp³-hybridized carbons (Fsp3) is 0.394. The number of nitriles is 1. The third-order valence-electron chi connectivity index (χ3n) is 7.71. The van der Waals surface area contributed by atoms with Crippen molar-refractivity contribution in [3.8, 4) is 28.7 Å². The predicted molar refractivity (Wildman–Crippen MR) is 149 cm³/mol. The van der Waals surface area contributed by atoms with Crippen LogP contribution >= 0.6 is 0 Å². The van der Waals surface area contributed by atoms with Crippen LogP contribution in [-0.2, 0) is 15.9 Å². The molecular formula is C33H35NO5. The number of hydrogen-bond donors (Lipinski definition) is 0. The molecule has 3 aromatic rings. The maximum atomic E-state index is 12.7. The number of carbonyl (C=O) groups is 1. The van der Waals surface area contributed by atoms with Gasteiger partial charge in [0.1, 0.15) is 11.5 Å². The van der Waals surface area contributed by atoms with Crippen LogP contribution in [0.4, 0.5) is 0 Å². The van der Waals surface area contributed by atoms with Gasteiger partial charge in [-0.05, 0) is 103 Å². The Kier molecular flexibility index (Phi) is 8.61. The number of benzene rings is 3. The summed E-state index contributed by atoms with van der Waals surface area (Å²) in [5, 5.41) is 9.16. The molecule has 1 fully saturated rings. The normalized spacial score (nSPS) is 14.6. The minimum atomic E-state index is -0.402. The van der Waals surface area contributed by atoms with Crippen LogP contribution < -0.4 is 9.47 Å². The summed E-state index contributed by atoms with van der Waals surface area (Å²) in [4.78, 5) is 12.7. The highest BCUT2D eigenvalue weighted by Crippen LogP contribution is 2.39. The van der Waals surface area contributed by atoms with Gasteiger partial charge >= 0.3 is 5.97 Å². The topological polar surface area (TPSA) is 77.8 Å². The van der Waals surface area contributed by atoms with Gasteiger partial charge in [-0.2, -0.15) is 5.26 Å². The molecule has 1 heterocycles. The number of carbonyl (C=O) groups excluding carboxylic acids is 1. The Hall–Kier alpha value is -3.66. The molecular weight excluding hydrogens is 490 g/mol. The van der Waals surface area contributed by atoms with E-state index in [1.807, 2.05) is 48.5 Å². The molecule has 0 bridgehead atoms.